The van der Waals surface area contributed by atoms with Gasteiger partial charge in [-0.15, -0.1) is 0 Å². The highest BCUT2D eigenvalue weighted by atomic mass is 127. The Morgan fingerprint density at radius 1 is 1.39 bits per heavy atom. The van der Waals surface area contributed by atoms with Crippen molar-refractivity contribution in [1.82, 2.24) is 5.32 Å². The minimum absolute atomic E-state index is 0.0437. The first-order chi connectivity index (χ1) is 8.50. The summed E-state index contributed by atoms with van der Waals surface area (Å²) in [4.78, 5) is 11.8. The smallest absolute Gasteiger partial charge is 0.251 e. The van der Waals surface area contributed by atoms with Gasteiger partial charge in [0.1, 0.15) is 0 Å². The molecule has 1 aromatic carbocycles. The Hall–Kier alpha value is -0.290. The van der Waals surface area contributed by atoms with E-state index in [-0.39, 0.29) is 5.91 Å². The number of carbonyl (C=O) groups is 1. The van der Waals surface area contributed by atoms with Crippen LogP contribution in [0.1, 0.15) is 43.5 Å². The van der Waals surface area contributed by atoms with Gasteiger partial charge in [0.25, 0.3) is 5.91 Å². The lowest BCUT2D eigenvalue weighted by Crippen LogP contribution is -2.24. The molecule has 0 heterocycles. The highest BCUT2D eigenvalue weighted by molar-refractivity contribution is 14.1. The summed E-state index contributed by atoms with van der Waals surface area (Å²) >= 11 is 8.14. The Labute approximate surface area is 128 Å². The van der Waals surface area contributed by atoms with Crippen LogP contribution in [0, 0.1) is 9.49 Å². The third kappa shape index (κ3) is 5.57. The van der Waals surface area contributed by atoms with E-state index in [0.29, 0.717) is 10.6 Å². The third-order valence-electron chi connectivity index (χ3n) is 2.68. The summed E-state index contributed by atoms with van der Waals surface area (Å²) in [7, 11) is 0. The van der Waals surface area contributed by atoms with Crippen LogP contribution < -0.4 is 5.32 Å². The molecule has 1 aromatic rings. The lowest BCUT2D eigenvalue weighted by molar-refractivity contribution is 0.0953. The molecule has 0 bridgehead atoms. The van der Waals surface area contributed by atoms with Crippen LogP contribution in [0.25, 0.3) is 0 Å². The maximum absolute atomic E-state index is 11.8. The summed E-state index contributed by atoms with van der Waals surface area (Å²) < 4.78 is 0.961. The van der Waals surface area contributed by atoms with Crippen LogP contribution in [0.15, 0.2) is 18.2 Å². The molecule has 4 heteroatoms. The second-order valence-electron chi connectivity index (χ2n) is 4.77. The molecule has 1 rings (SSSR count). The van der Waals surface area contributed by atoms with Gasteiger partial charge in [0, 0.05) is 15.7 Å². The SMILES string of the molecule is CC(C)CCCCNC(=O)c1ccc(I)c(Cl)c1. The molecular formula is C14H19ClINO. The third-order valence-corrected chi connectivity index (χ3v) is 4.25. The Bertz CT molecular complexity index is 407. The molecular weight excluding hydrogens is 361 g/mol. The second kappa shape index (κ2) is 8.00. The van der Waals surface area contributed by atoms with Crippen molar-refractivity contribution >= 4 is 40.1 Å². The number of benzene rings is 1. The molecule has 0 saturated carbocycles. The normalized spacial score (nSPS) is 10.7. The van der Waals surface area contributed by atoms with E-state index in [1.807, 2.05) is 6.07 Å². The van der Waals surface area contributed by atoms with Crippen molar-refractivity contribution in [3.8, 4) is 0 Å². The number of halogens is 2. The number of hydrogen-bond donors (Lipinski definition) is 1. The van der Waals surface area contributed by atoms with Gasteiger partial charge in [-0.05, 0) is 53.1 Å². The summed E-state index contributed by atoms with van der Waals surface area (Å²) in [5.41, 5.74) is 0.629. The number of nitrogens with one attached hydrogen (secondary N) is 1. The van der Waals surface area contributed by atoms with Crippen LogP contribution in [0.5, 0.6) is 0 Å². The van der Waals surface area contributed by atoms with Crippen molar-refractivity contribution in [2.75, 3.05) is 6.54 Å². The summed E-state index contributed by atoms with van der Waals surface area (Å²) in [6, 6.07) is 5.38. The quantitative estimate of drug-likeness (QED) is 0.572. The van der Waals surface area contributed by atoms with Gasteiger partial charge in [-0.25, -0.2) is 0 Å². The second-order valence-corrected chi connectivity index (χ2v) is 6.34. The molecule has 0 unspecified atom stereocenters. The molecule has 1 amide bonds. The summed E-state index contributed by atoms with van der Waals surface area (Å²) in [5, 5.41) is 3.55. The maximum Gasteiger partial charge on any atom is 0.251 e. The van der Waals surface area contributed by atoms with Crippen molar-refractivity contribution in [2.24, 2.45) is 5.92 Å². The van der Waals surface area contributed by atoms with Gasteiger partial charge >= 0.3 is 0 Å². The Kier molecular flexibility index (Phi) is 7.00. The van der Waals surface area contributed by atoms with E-state index < -0.39 is 0 Å². The van der Waals surface area contributed by atoms with E-state index in [1.54, 1.807) is 12.1 Å². The van der Waals surface area contributed by atoms with Crippen LogP contribution >= 0.6 is 34.2 Å². The van der Waals surface area contributed by atoms with Crippen molar-refractivity contribution in [3.05, 3.63) is 32.4 Å². The van der Waals surface area contributed by atoms with Gasteiger partial charge in [0.2, 0.25) is 0 Å². The molecule has 0 saturated heterocycles. The largest absolute Gasteiger partial charge is 0.352 e. The van der Waals surface area contributed by atoms with Crippen molar-refractivity contribution < 1.29 is 4.79 Å². The standard InChI is InChI=1S/C14H19ClINO/c1-10(2)5-3-4-8-17-14(18)11-6-7-13(16)12(15)9-11/h6-7,9-10H,3-5,8H2,1-2H3,(H,17,18). The van der Waals surface area contributed by atoms with E-state index in [0.717, 1.165) is 28.9 Å². The highest BCUT2D eigenvalue weighted by Gasteiger charge is 2.07. The molecule has 2 nitrogen and oxygen atoms in total. The van der Waals surface area contributed by atoms with Crippen molar-refractivity contribution in [1.29, 1.82) is 0 Å². The number of unbranched alkanes of at least 4 members (excludes halogenated alkanes) is 1. The van der Waals surface area contributed by atoms with Crippen molar-refractivity contribution in [3.63, 3.8) is 0 Å². The number of amides is 1. The van der Waals surface area contributed by atoms with E-state index in [9.17, 15) is 4.79 Å². The topological polar surface area (TPSA) is 29.1 Å². The number of hydrogen-bond acceptors (Lipinski definition) is 1. The van der Waals surface area contributed by atoms with E-state index in [4.69, 9.17) is 11.6 Å². The summed E-state index contributed by atoms with van der Waals surface area (Å²) in [6.07, 6.45) is 3.40. The fourth-order valence-corrected chi connectivity index (χ4v) is 2.13. The maximum atomic E-state index is 11.8. The van der Waals surface area contributed by atoms with Crippen LogP contribution in [0.4, 0.5) is 0 Å². The average molecular weight is 380 g/mol. The van der Waals surface area contributed by atoms with E-state index in [1.165, 1.54) is 6.42 Å². The van der Waals surface area contributed by atoms with Crippen LogP contribution in [0.3, 0.4) is 0 Å². The van der Waals surface area contributed by atoms with Gasteiger partial charge in [0.15, 0.2) is 0 Å². The summed E-state index contributed by atoms with van der Waals surface area (Å²) in [6.45, 7) is 5.16. The van der Waals surface area contributed by atoms with Gasteiger partial charge in [-0.1, -0.05) is 38.3 Å². The minimum Gasteiger partial charge on any atom is -0.352 e. The molecule has 0 radical (unpaired) electrons. The van der Waals surface area contributed by atoms with Crippen LogP contribution in [-0.2, 0) is 0 Å². The first-order valence-corrected chi connectivity index (χ1v) is 7.69. The van der Waals surface area contributed by atoms with Crippen LogP contribution in [-0.4, -0.2) is 12.5 Å². The first kappa shape index (κ1) is 15.8. The van der Waals surface area contributed by atoms with Crippen molar-refractivity contribution in [2.45, 2.75) is 33.1 Å². The van der Waals surface area contributed by atoms with Gasteiger partial charge in [0.05, 0.1) is 5.02 Å². The zero-order valence-corrected chi connectivity index (χ0v) is 13.7. The summed E-state index contributed by atoms with van der Waals surface area (Å²) in [5.74, 6) is 0.688. The molecule has 0 spiro atoms. The molecule has 0 aliphatic carbocycles. The molecule has 0 atom stereocenters. The van der Waals surface area contributed by atoms with E-state index >= 15 is 0 Å². The van der Waals surface area contributed by atoms with Gasteiger partial charge in [-0.3, -0.25) is 4.79 Å². The van der Waals surface area contributed by atoms with Gasteiger partial charge in [-0.2, -0.15) is 0 Å². The molecule has 0 aromatic heterocycles. The first-order valence-electron chi connectivity index (χ1n) is 6.24. The predicted octanol–water partition coefficient (Wildman–Crippen LogP) is 4.50. The predicted molar refractivity (Wildman–Crippen MR) is 85.2 cm³/mol. The number of carbonyl (C=O) groups excluding carboxylic acids is 1. The fourth-order valence-electron chi connectivity index (χ4n) is 1.62. The van der Waals surface area contributed by atoms with Gasteiger partial charge < -0.3 is 5.32 Å². The Balaban J connectivity index is 2.34. The fraction of sp³-hybridized carbons (Fsp3) is 0.500. The lowest BCUT2D eigenvalue weighted by Gasteiger charge is -2.07. The zero-order valence-electron chi connectivity index (χ0n) is 10.8. The van der Waals surface area contributed by atoms with Crippen LogP contribution in [0.2, 0.25) is 5.02 Å². The average Bonchev–Trinajstić information content (AvgIpc) is 2.31. The Morgan fingerprint density at radius 3 is 2.72 bits per heavy atom. The molecule has 0 aliphatic rings. The zero-order chi connectivity index (χ0) is 13.5. The Morgan fingerprint density at radius 2 is 2.11 bits per heavy atom. The molecule has 18 heavy (non-hydrogen) atoms. The minimum atomic E-state index is -0.0437. The highest BCUT2D eigenvalue weighted by Crippen LogP contribution is 2.19. The number of rotatable bonds is 6. The molecule has 0 fully saturated rings. The van der Waals surface area contributed by atoms with E-state index in [2.05, 4.69) is 41.8 Å². The molecule has 0 aliphatic heterocycles. The molecule has 1 N–H and O–H groups in total. The molecule has 100 valence electrons. The lowest BCUT2D eigenvalue weighted by atomic mass is 10.1. The monoisotopic (exact) mass is 379 g/mol.